The second-order valence-corrected chi connectivity index (χ2v) is 6.83. The summed E-state index contributed by atoms with van der Waals surface area (Å²) < 4.78 is 1.11. The molecular weight excluding hydrogens is 310 g/mol. The summed E-state index contributed by atoms with van der Waals surface area (Å²) in [5, 5.41) is 3.72. The van der Waals surface area contributed by atoms with Crippen LogP contribution in [0.1, 0.15) is 43.5 Å². The standard InChI is InChI=1S/C18H22BrN/c1-13-6-5-7-15(12-13)14(2)20-18(3,4)16-8-10-17(19)11-9-16/h5-12,14,20H,1-4H3. The Morgan fingerprint density at radius 2 is 1.70 bits per heavy atom. The quantitative estimate of drug-likeness (QED) is 0.796. The van der Waals surface area contributed by atoms with Crippen molar-refractivity contribution in [1.82, 2.24) is 5.32 Å². The van der Waals surface area contributed by atoms with Crippen molar-refractivity contribution in [3.63, 3.8) is 0 Å². The van der Waals surface area contributed by atoms with Crippen LogP contribution in [0.25, 0.3) is 0 Å². The van der Waals surface area contributed by atoms with Gasteiger partial charge in [-0.15, -0.1) is 0 Å². The van der Waals surface area contributed by atoms with Crippen LogP contribution in [0.4, 0.5) is 0 Å². The van der Waals surface area contributed by atoms with E-state index >= 15 is 0 Å². The highest BCUT2D eigenvalue weighted by Crippen LogP contribution is 2.26. The predicted molar refractivity (Wildman–Crippen MR) is 89.9 cm³/mol. The molecule has 2 aromatic rings. The van der Waals surface area contributed by atoms with E-state index in [0.29, 0.717) is 6.04 Å². The third kappa shape index (κ3) is 3.71. The maximum Gasteiger partial charge on any atom is 0.0382 e. The topological polar surface area (TPSA) is 12.0 Å². The van der Waals surface area contributed by atoms with Gasteiger partial charge in [-0.25, -0.2) is 0 Å². The van der Waals surface area contributed by atoms with Gasteiger partial charge in [-0.05, 0) is 51.0 Å². The molecule has 1 unspecified atom stereocenters. The summed E-state index contributed by atoms with van der Waals surface area (Å²) in [5.74, 6) is 0. The lowest BCUT2D eigenvalue weighted by Crippen LogP contribution is -2.38. The molecule has 0 saturated heterocycles. The minimum atomic E-state index is -0.0656. The maximum absolute atomic E-state index is 3.72. The van der Waals surface area contributed by atoms with Crippen molar-refractivity contribution in [2.75, 3.05) is 0 Å². The summed E-state index contributed by atoms with van der Waals surface area (Å²) in [6.45, 7) is 8.80. The first-order valence-electron chi connectivity index (χ1n) is 6.99. The molecule has 0 heterocycles. The van der Waals surface area contributed by atoms with Crippen molar-refractivity contribution < 1.29 is 0 Å². The van der Waals surface area contributed by atoms with E-state index in [2.05, 4.69) is 97.5 Å². The zero-order valence-electron chi connectivity index (χ0n) is 12.6. The first-order valence-corrected chi connectivity index (χ1v) is 7.78. The molecule has 0 fully saturated rings. The molecule has 0 aliphatic carbocycles. The van der Waals surface area contributed by atoms with Crippen LogP contribution in [-0.2, 0) is 5.54 Å². The third-order valence-corrected chi connectivity index (χ3v) is 4.21. The monoisotopic (exact) mass is 331 g/mol. The molecule has 2 aromatic carbocycles. The molecule has 1 N–H and O–H groups in total. The zero-order chi connectivity index (χ0) is 14.8. The summed E-state index contributed by atoms with van der Waals surface area (Å²) in [5.41, 5.74) is 3.86. The fraction of sp³-hybridized carbons (Fsp3) is 0.333. The first-order chi connectivity index (χ1) is 9.38. The number of halogens is 1. The van der Waals surface area contributed by atoms with Gasteiger partial charge in [0.1, 0.15) is 0 Å². The Bertz CT molecular complexity index is 572. The van der Waals surface area contributed by atoms with Gasteiger partial charge in [-0.1, -0.05) is 57.9 Å². The minimum absolute atomic E-state index is 0.0656. The van der Waals surface area contributed by atoms with Gasteiger partial charge in [0.25, 0.3) is 0 Å². The second-order valence-electron chi connectivity index (χ2n) is 5.91. The second kappa shape index (κ2) is 6.11. The highest BCUT2D eigenvalue weighted by molar-refractivity contribution is 9.10. The number of rotatable bonds is 4. The van der Waals surface area contributed by atoms with Crippen LogP contribution in [0.3, 0.4) is 0 Å². The van der Waals surface area contributed by atoms with Crippen LogP contribution < -0.4 is 5.32 Å². The molecule has 1 atom stereocenters. The Labute approximate surface area is 130 Å². The molecule has 0 aliphatic rings. The van der Waals surface area contributed by atoms with Gasteiger partial charge in [-0.3, -0.25) is 0 Å². The van der Waals surface area contributed by atoms with Gasteiger partial charge in [0, 0.05) is 16.1 Å². The van der Waals surface area contributed by atoms with Crippen LogP contribution in [0.5, 0.6) is 0 Å². The van der Waals surface area contributed by atoms with Crippen molar-refractivity contribution in [2.45, 2.75) is 39.3 Å². The minimum Gasteiger partial charge on any atom is -0.301 e. The van der Waals surface area contributed by atoms with E-state index in [4.69, 9.17) is 0 Å². The van der Waals surface area contributed by atoms with Crippen LogP contribution in [-0.4, -0.2) is 0 Å². The fourth-order valence-electron chi connectivity index (χ4n) is 2.51. The molecule has 20 heavy (non-hydrogen) atoms. The van der Waals surface area contributed by atoms with Crippen molar-refractivity contribution in [1.29, 1.82) is 0 Å². The van der Waals surface area contributed by atoms with Gasteiger partial charge < -0.3 is 5.32 Å². The molecule has 0 aromatic heterocycles. The Hall–Kier alpha value is -1.12. The number of aryl methyl sites for hydroxylation is 1. The SMILES string of the molecule is Cc1cccc(C(C)NC(C)(C)c2ccc(Br)cc2)c1. The van der Waals surface area contributed by atoms with E-state index in [1.54, 1.807) is 0 Å². The summed E-state index contributed by atoms with van der Waals surface area (Å²) in [6.07, 6.45) is 0. The Morgan fingerprint density at radius 1 is 1.05 bits per heavy atom. The highest BCUT2D eigenvalue weighted by atomic mass is 79.9. The Balaban J connectivity index is 2.17. The fourth-order valence-corrected chi connectivity index (χ4v) is 2.78. The van der Waals surface area contributed by atoms with Gasteiger partial charge in [0.2, 0.25) is 0 Å². The smallest absolute Gasteiger partial charge is 0.0382 e. The summed E-state index contributed by atoms with van der Waals surface area (Å²) in [7, 11) is 0. The number of hydrogen-bond acceptors (Lipinski definition) is 1. The Kier molecular flexibility index (Phi) is 4.66. The van der Waals surface area contributed by atoms with E-state index in [1.807, 2.05) is 0 Å². The first kappa shape index (κ1) is 15.3. The van der Waals surface area contributed by atoms with Crippen molar-refractivity contribution in [2.24, 2.45) is 0 Å². The van der Waals surface area contributed by atoms with E-state index in [-0.39, 0.29) is 5.54 Å². The average Bonchev–Trinajstić information content (AvgIpc) is 2.38. The van der Waals surface area contributed by atoms with Crippen LogP contribution >= 0.6 is 15.9 Å². The van der Waals surface area contributed by atoms with Crippen LogP contribution in [0.15, 0.2) is 53.0 Å². The van der Waals surface area contributed by atoms with Crippen LogP contribution in [0, 0.1) is 6.92 Å². The zero-order valence-corrected chi connectivity index (χ0v) is 14.2. The molecule has 0 aliphatic heterocycles. The lowest BCUT2D eigenvalue weighted by atomic mass is 9.92. The Morgan fingerprint density at radius 3 is 2.30 bits per heavy atom. The maximum atomic E-state index is 3.72. The van der Waals surface area contributed by atoms with Gasteiger partial charge >= 0.3 is 0 Å². The third-order valence-electron chi connectivity index (χ3n) is 3.69. The number of hydrogen-bond donors (Lipinski definition) is 1. The highest BCUT2D eigenvalue weighted by Gasteiger charge is 2.22. The molecule has 2 rings (SSSR count). The number of benzene rings is 2. The molecule has 0 radical (unpaired) electrons. The van der Waals surface area contributed by atoms with E-state index in [9.17, 15) is 0 Å². The molecule has 0 spiro atoms. The van der Waals surface area contributed by atoms with E-state index in [0.717, 1.165) is 4.47 Å². The van der Waals surface area contributed by atoms with Crippen LogP contribution in [0.2, 0.25) is 0 Å². The molecular formula is C18H22BrN. The van der Waals surface area contributed by atoms with E-state index < -0.39 is 0 Å². The van der Waals surface area contributed by atoms with E-state index in [1.165, 1.54) is 16.7 Å². The summed E-state index contributed by atoms with van der Waals surface area (Å²) in [6, 6.07) is 17.5. The lowest BCUT2D eigenvalue weighted by molar-refractivity contribution is 0.357. The van der Waals surface area contributed by atoms with Crippen molar-refractivity contribution in [3.8, 4) is 0 Å². The molecule has 2 heteroatoms. The normalized spacial score (nSPS) is 13.2. The van der Waals surface area contributed by atoms with Crippen molar-refractivity contribution >= 4 is 15.9 Å². The molecule has 1 nitrogen and oxygen atoms in total. The predicted octanol–water partition coefficient (Wildman–Crippen LogP) is 5.34. The molecule has 106 valence electrons. The average molecular weight is 332 g/mol. The number of nitrogens with one attached hydrogen (secondary N) is 1. The largest absolute Gasteiger partial charge is 0.301 e. The van der Waals surface area contributed by atoms with Crippen molar-refractivity contribution in [3.05, 3.63) is 69.7 Å². The summed E-state index contributed by atoms with van der Waals surface area (Å²) in [4.78, 5) is 0. The van der Waals surface area contributed by atoms with Gasteiger partial charge in [0.05, 0.1) is 0 Å². The van der Waals surface area contributed by atoms with Gasteiger partial charge in [0.15, 0.2) is 0 Å². The molecule has 0 saturated carbocycles. The molecule has 0 bridgehead atoms. The lowest BCUT2D eigenvalue weighted by Gasteiger charge is -2.31. The molecule has 0 amide bonds. The van der Waals surface area contributed by atoms with Gasteiger partial charge in [-0.2, -0.15) is 0 Å². The summed E-state index contributed by atoms with van der Waals surface area (Å²) >= 11 is 3.49.